The maximum absolute atomic E-state index is 11.8. The molecular formula is C11H19N3O4S. The summed E-state index contributed by atoms with van der Waals surface area (Å²) < 4.78 is 23.7. The van der Waals surface area contributed by atoms with E-state index in [-0.39, 0.29) is 16.5 Å². The van der Waals surface area contributed by atoms with Crippen LogP contribution < -0.4 is 10.5 Å². The Morgan fingerprint density at radius 3 is 2.68 bits per heavy atom. The zero-order valence-corrected chi connectivity index (χ0v) is 11.8. The molecule has 0 spiro atoms. The molecule has 108 valence electrons. The number of carbonyl (C=O) groups excluding carboxylic acids is 1. The van der Waals surface area contributed by atoms with Crippen molar-refractivity contribution in [2.45, 2.75) is 30.8 Å². The first-order valence-corrected chi connectivity index (χ1v) is 7.42. The first-order valence-electron chi connectivity index (χ1n) is 5.87. The van der Waals surface area contributed by atoms with Crippen LogP contribution in [0, 0.1) is 0 Å². The van der Waals surface area contributed by atoms with Crippen molar-refractivity contribution in [1.29, 1.82) is 0 Å². The third kappa shape index (κ3) is 4.66. The monoisotopic (exact) mass is 289 g/mol. The Labute approximate surface area is 112 Å². The highest BCUT2D eigenvalue weighted by Crippen LogP contribution is 2.11. The average molecular weight is 289 g/mol. The molecule has 1 aromatic rings. The normalized spacial score (nSPS) is 13.3. The van der Waals surface area contributed by atoms with Crippen LogP contribution in [0.5, 0.6) is 0 Å². The minimum Gasteiger partial charge on any atom is -0.393 e. The van der Waals surface area contributed by atoms with E-state index >= 15 is 0 Å². The van der Waals surface area contributed by atoms with E-state index in [4.69, 9.17) is 10.2 Å². The molecule has 0 fully saturated rings. The lowest BCUT2D eigenvalue weighted by Crippen LogP contribution is -2.26. The highest BCUT2D eigenvalue weighted by Gasteiger charge is 2.16. The van der Waals surface area contributed by atoms with Crippen LogP contribution in [0.3, 0.4) is 0 Å². The first kappa shape index (κ1) is 15.7. The van der Waals surface area contributed by atoms with Gasteiger partial charge in [-0.3, -0.25) is 4.79 Å². The van der Waals surface area contributed by atoms with Crippen molar-refractivity contribution in [2.24, 2.45) is 12.2 Å². The van der Waals surface area contributed by atoms with Crippen LogP contribution in [0.4, 0.5) is 0 Å². The van der Waals surface area contributed by atoms with Gasteiger partial charge in [0, 0.05) is 19.8 Å². The Morgan fingerprint density at radius 1 is 1.58 bits per heavy atom. The lowest BCUT2D eigenvalue weighted by molar-refractivity contribution is 0.0941. The van der Waals surface area contributed by atoms with Gasteiger partial charge in [-0.25, -0.2) is 13.6 Å². The SMILES string of the molecule is CC(O)CCCNC(=O)c1cc(S(N)(=O)=O)cn1C. The van der Waals surface area contributed by atoms with Gasteiger partial charge in [-0.1, -0.05) is 0 Å². The van der Waals surface area contributed by atoms with Crippen molar-refractivity contribution < 1.29 is 18.3 Å². The molecular weight excluding hydrogens is 270 g/mol. The number of aryl methyl sites for hydroxylation is 1. The molecule has 8 heteroatoms. The smallest absolute Gasteiger partial charge is 0.267 e. The largest absolute Gasteiger partial charge is 0.393 e. The lowest BCUT2D eigenvalue weighted by atomic mass is 10.2. The van der Waals surface area contributed by atoms with Crippen molar-refractivity contribution in [3.05, 3.63) is 18.0 Å². The fourth-order valence-electron chi connectivity index (χ4n) is 1.61. The zero-order chi connectivity index (χ0) is 14.6. The van der Waals surface area contributed by atoms with Gasteiger partial charge in [0.2, 0.25) is 10.0 Å². The maximum Gasteiger partial charge on any atom is 0.267 e. The molecule has 0 aliphatic heterocycles. The molecule has 1 amide bonds. The van der Waals surface area contributed by atoms with Crippen LogP contribution in [-0.4, -0.2) is 36.6 Å². The van der Waals surface area contributed by atoms with Crippen LogP contribution in [0.2, 0.25) is 0 Å². The zero-order valence-electron chi connectivity index (χ0n) is 11.0. The molecule has 1 aromatic heterocycles. The van der Waals surface area contributed by atoms with Crippen molar-refractivity contribution in [3.8, 4) is 0 Å². The van der Waals surface area contributed by atoms with Crippen molar-refractivity contribution in [1.82, 2.24) is 9.88 Å². The maximum atomic E-state index is 11.8. The number of hydrogen-bond acceptors (Lipinski definition) is 4. The van der Waals surface area contributed by atoms with Gasteiger partial charge in [-0.15, -0.1) is 0 Å². The number of aliphatic hydroxyl groups is 1. The Balaban J connectivity index is 2.65. The summed E-state index contributed by atoms with van der Waals surface area (Å²) in [6, 6.07) is 1.24. The molecule has 0 radical (unpaired) electrons. The number of aromatic nitrogens is 1. The number of primary sulfonamides is 1. The fourth-order valence-corrected chi connectivity index (χ4v) is 2.19. The van der Waals surface area contributed by atoms with E-state index in [9.17, 15) is 13.2 Å². The highest BCUT2D eigenvalue weighted by molar-refractivity contribution is 7.89. The van der Waals surface area contributed by atoms with Crippen LogP contribution in [0.15, 0.2) is 17.2 Å². The van der Waals surface area contributed by atoms with E-state index in [1.165, 1.54) is 16.8 Å². The Morgan fingerprint density at radius 2 is 2.21 bits per heavy atom. The van der Waals surface area contributed by atoms with Gasteiger partial charge in [-0.05, 0) is 25.8 Å². The Kier molecular flexibility index (Phi) is 5.10. The lowest BCUT2D eigenvalue weighted by Gasteiger charge is -2.06. The molecule has 1 heterocycles. The molecule has 4 N–H and O–H groups in total. The van der Waals surface area contributed by atoms with Gasteiger partial charge in [0.25, 0.3) is 5.91 Å². The van der Waals surface area contributed by atoms with E-state index in [0.717, 1.165) is 0 Å². The summed E-state index contributed by atoms with van der Waals surface area (Å²) in [4.78, 5) is 11.7. The van der Waals surface area contributed by atoms with Gasteiger partial charge in [0.15, 0.2) is 0 Å². The summed E-state index contributed by atoms with van der Waals surface area (Å²) in [6.07, 6.45) is 2.13. The molecule has 7 nitrogen and oxygen atoms in total. The van der Waals surface area contributed by atoms with E-state index in [2.05, 4.69) is 5.32 Å². The van der Waals surface area contributed by atoms with E-state index in [0.29, 0.717) is 19.4 Å². The van der Waals surface area contributed by atoms with Gasteiger partial charge in [-0.2, -0.15) is 0 Å². The topological polar surface area (TPSA) is 114 Å². The summed E-state index contributed by atoms with van der Waals surface area (Å²) in [5, 5.41) is 16.7. The molecule has 19 heavy (non-hydrogen) atoms. The first-order chi connectivity index (χ1) is 8.71. The second kappa shape index (κ2) is 6.18. The van der Waals surface area contributed by atoms with Crippen LogP contribution >= 0.6 is 0 Å². The van der Waals surface area contributed by atoms with Gasteiger partial charge in [0.05, 0.1) is 6.10 Å². The standard InChI is InChI=1S/C11H19N3O4S/c1-8(15)4-3-5-13-11(16)10-6-9(7-14(10)2)19(12,17)18/h6-8,15H,3-5H2,1-2H3,(H,13,16)(H2,12,17,18). The van der Waals surface area contributed by atoms with Crippen LogP contribution in [-0.2, 0) is 17.1 Å². The number of nitrogens with one attached hydrogen (secondary N) is 1. The predicted octanol–water partition coefficient (Wildman–Crippen LogP) is -0.437. The van der Waals surface area contributed by atoms with Gasteiger partial charge >= 0.3 is 0 Å². The third-order valence-corrected chi connectivity index (χ3v) is 3.51. The molecule has 0 saturated heterocycles. The number of aliphatic hydroxyl groups excluding tert-OH is 1. The molecule has 0 aromatic carbocycles. The Hall–Kier alpha value is -1.38. The quantitative estimate of drug-likeness (QED) is 0.616. The number of hydrogen-bond donors (Lipinski definition) is 3. The summed E-state index contributed by atoms with van der Waals surface area (Å²) in [5.74, 6) is -0.372. The Bertz CT molecular complexity index is 548. The number of nitrogens with two attached hydrogens (primary N) is 1. The fraction of sp³-hybridized carbons (Fsp3) is 0.545. The number of amides is 1. The summed E-state index contributed by atoms with van der Waals surface area (Å²) in [5.41, 5.74) is 0.223. The number of carbonyl (C=O) groups is 1. The molecule has 0 aliphatic carbocycles. The van der Waals surface area contributed by atoms with Gasteiger partial charge < -0.3 is 15.0 Å². The van der Waals surface area contributed by atoms with E-state index < -0.39 is 16.1 Å². The third-order valence-electron chi connectivity index (χ3n) is 2.63. The molecule has 1 unspecified atom stereocenters. The second-order valence-electron chi connectivity index (χ2n) is 4.46. The van der Waals surface area contributed by atoms with Crippen molar-refractivity contribution in [3.63, 3.8) is 0 Å². The van der Waals surface area contributed by atoms with Crippen molar-refractivity contribution in [2.75, 3.05) is 6.54 Å². The van der Waals surface area contributed by atoms with Gasteiger partial charge in [0.1, 0.15) is 10.6 Å². The summed E-state index contributed by atoms with van der Waals surface area (Å²) >= 11 is 0. The predicted molar refractivity (Wildman–Crippen MR) is 70.0 cm³/mol. The molecule has 1 rings (SSSR count). The van der Waals surface area contributed by atoms with Crippen LogP contribution in [0.25, 0.3) is 0 Å². The minimum absolute atomic E-state index is 0.0934. The highest BCUT2D eigenvalue weighted by atomic mass is 32.2. The average Bonchev–Trinajstić information content (AvgIpc) is 2.66. The number of rotatable bonds is 6. The molecule has 0 saturated carbocycles. The van der Waals surface area contributed by atoms with Crippen molar-refractivity contribution >= 4 is 15.9 Å². The number of sulfonamides is 1. The molecule has 0 aliphatic rings. The summed E-state index contributed by atoms with van der Waals surface area (Å²) in [6.45, 7) is 2.09. The van der Waals surface area contributed by atoms with E-state index in [1.807, 2.05) is 0 Å². The molecule has 0 bridgehead atoms. The van der Waals surface area contributed by atoms with E-state index in [1.54, 1.807) is 14.0 Å². The molecule has 1 atom stereocenters. The minimum atomic E-state index is -3.81. The number of nitrogens with zero attached hydrogens (tertiary/aromatic N) is 1. The second-order valence-corrected chi connectivity index (χ2v) is 6.03. The van der Waals surface area contributed by atoms with Crippen LogP contribution in [0.1, 0.15) is 30.3 Å². The summed E-state index contributed by atoms with van der Waals surface area (Å²) in [7, 11) is -2.24.